The van der Waals surface area contributed by atoms with Gasteiger partial charge in [-0.15, -0.1) is 10.2 Å². The summed E-state index contributed by atoms with van der Waals surface area (Å²) in [6.07, 6.45) is 1.61. The number of likely N-dealkylation sites (tertiary alicyclic amines) is 1. The van der Waals surface area contributed by atoms with Crippen molar-refractivity contribution in [2.75, 3.05) is 33.0 Å². The molecule has 0 radical (unpaired) electrons. The lowest BCUT2D eigenvalue weighted by atomic mass is 9.66. The van der Waals surface area contributed by atoms with E-state index < -0.39 is 5.60 Å². The maximum atomic E-state index is 11.4. The normalized spacial score (nSPS) is 34.0. The molecule has 0 unspecified atom stereocenters. The van der Waals surface area contributed by atoms with Gasteiger partial charge in [0.25, 0.3) is 0 Å². The van der Waals surface area contributed by atoms with Gasteiger partial charge in [-0.3, -0.25) is 4.90 Å². The topological polar surface area (TPSA) is 80.9 Å². The number of hydrogen-bond acceptors (Lipinski definition) is 7. The van der Waals surface area contributed by atoms with Crippen molar-refractivity contribution in [1.29, 1.82) is 0 Å². The van der Waals surface area contributed by atoms with E-state index >= 15 is 0 Å². The SMILES string of the molecule is O[C@@]12CCOC[C@@H]1CN(Cc1nnc(-c3ccccc3)o1)[C@H]1CCOC[C@H]12. The summed E-state index contributed by atoms with van der Waals surface area (Å²) < 4.78 is 17.3. The maximum absolute atomic E-state index is 11.4. The van der Waals surface area contributed by atoms with Gasteiger partial charge in [0.1, 0.15) is 0 Å². The molecule has 4 atom stereocenters. The summed E-state index contributed by atoms with van der Waals surface area (Å²) in [5.74, 6) is 1.35. The van der Waals surface area contributed by atoms with Crippen LogP contribution in [0.1, 0.15) is 18.7 Å². The monoisotopic (exact) mass is 371 g/mol. The summed E-state index contributed by atoms with van der Waals surface area (Å²) in [5, 5.41) is 19.9. The Balaban J connectivity index is 1.38. The van der Waals surface area contributed by atoms with Crippen molar-refractivity contribution in [3.8, 4) is 11.5 Å². The van der Waals surface area contributed by atoms with E-state index in [1.165, 1.54) is 0 Å². The number of aliphatic hydroxyl groups is 1. The Morgan fingerprint density at radius 3 is 2.85 bits per heavy atom. The molecule has 7 nitrogen and oxygen atoms in total. The molecule has 0 amide bonds. The van der Waals surface area contributed by atoms with Crippen LogP contribution in [-0.4, -0.2) is 64.8 Å². The smallest absolute Gasteiger partial charge is 0.247 e. The fourth-order valence-electron chi connectivity index (χ4n) is 4.94. The zero-order valence-corrected chi connectivity index (χ0v) is 15.3. The van der Waals surface area contributed by atoms with Crippen LogP contribution < -0.4 is 0 Å². The first-order valence-electron chi connectivity index (χ1n) is 9.74. The summed E-state index contributed by atoms with van der Waals surface area (Å²) in [5.41, 5.74) is 0.234. The number of hydrogen-bond donors (Lipinski definition) is 1. The maximum Gasteiger partial charge on any atom is 0.247 e. The Kier molecular flexibility index (Phi) is 4.47. The van der Waals surface area contributed by atoms with Crippen LogP contribution in [-0.2, 0) is 16.0 Å². The number of ether oxygens (including phenoxy) is 2. The number of benzene rings is 1. The Bertz CT molecular complexity index is 783. The van der Waals surface area contributed by atoms with E-state index in [0.29, 0.717) is 44.6 Å². The van der Waals surface area contributed by atoms with E-state index in [-0.39, 0.29) is 17.9 Å². The van der Waals surface area contributed by atoms with E-state index in [0.717, 1.165) is 25.1 Å². The van der Waals surface area contributed by atoms with Gasteiger partial charge in [-0.25, -0.2) is 0 Å². The molecule has 1 aromatic carbocycles. The Morgan fingerprint density at radius 1 is 1.11 bits per heavy atom. The van der Waals surface area contributed by atoms with E-state index in [1.54, 1.807) is 0 Å². The standard InChI is InChI=1S/C20H25N3O4/c24-20-7-9-26-12-15(20)10-23(17-6-8-25-13-16(17)20)11-18-21-22-19(27-18)14-4-2-1-3-5-14/h1-5,15-17,24H,6-13H2/t15-,16+,17-,20-/m0/s1. The molecule has 0 saturated carbocycles. The zero-order valence-electron chi connectivity index (χ0n) is 15.3. The third-order valence-electron chi connectivity index (χ3n) is 6.38. The van der Waals surface area contributed by atoms with Crippen LogP contribution in [0.4, 0.5) is 0 Å². The lowest BCUT2D eigenvalue weighted by Gasteiger charge is -2.57. The van der Waals surface area contributed by atoms with Crippen molar-refractivity contribution in [2.24, 2.45) is 11.8 Å². The van der Waals surface area contributed by atoms with Crippen molar-refractivity contribution in [1.82, 2.24) is 15.1 Å². The molecule has 3 fully saturated rings. The Morgan fingerprint density at radius 2 is 1.96 bits per heavy atom. The van der Waals surface area contributed by atoms with Crippen LogP contribution >= 0.6 is 0 Å². The van der Waals surface area contributed by atoms with E-state index in [9.17, 15) is 5.11 Å². The molecule has 2 aromatic rings. The second-order valence-electron chi connectivity index (χ2n) is 7.85. The third kappa shape index (κ3) is 3.08. The van der Waals surface area contributed by atoms with Crippen molar-refractivity contribution in [2.45, 2.75) is 31.0 Å². The molecule has 5 rings (SSSR count). The minimum Gasteiger partial charge on any atom is -0.419 e. The van der Waals surface area contributed by atoms with Gasteiger partial charge < -0.3 is 19.0 Å². The molecule has 7 heteroatoms. The second kappa shape index (κ2) is 6.98. The molecule has 3 saturated heterocycles. The van der Waals surface area contributed by atoms with Crippen LogP contribution in [0.15, 0.2) is 34.7 Å². The van der Waals surface area contributed by atoms with E-state index in [2.05, 4.69) is 15.1 Å². The minimum absolute atomic E-state index is 0.0886. The van der Waals surface area contributed by atoms with Gasteiger partial charge >= 0.3 is 0 Å². The lowest BCUT2D eigenvalue weighted by Crippen LogP contribution is -2.67. The summed E-state index contributed by atoms with van der Waals surface area (Å²) in [6, 6.07) is 10.1. The van der Waals surface area contributed by atoms with E-state index in [1.807, 2.05) is 30.3 Å². The average Bonchev–Trinajstić information content (AvgIpc) is 3.18. The molecule has 4 heterocycles. The molecule has 0 spiro atoms. The van der Waals surface area contributed by atoms with Crippen LogP contribution in [0.2, 0.25) is 0 Å². The molecule has 27 heavy (non-hydrogen) atoms. The molecule has 3 aliphatic heterocycles. The highest BCUT2D eigenvalue weighted by Gasteiger charge is 2.55. The van der Waals surface area contributed by atoms with Gasteiger partial charge in [0.05, 0.1) is 25.4 Å². The van der Waals surface area contributed by atoms with Crippen molar-refractivity contribution >= 4 is 0 Å². The largest absolute Gasteiger partial charge is 0.419 e. The summed E-state index contributed by atoms with van der Waals surface area (Å²) in [7, 11) is 0. The Labute approximate surface area is 158 Å². The van der Waals surface area contributed by atoms with Crippen molar-refractivity contribution in [3.63, 3.8) is 0 Å². The second-order valence-corrected chi connectivity index (χ2v) is 7.85. The van der Waals surface area contributed by atoms with Gasteiger partial charge in [-0.2, -0.15) is 0 Å². The molecular weight excluding hydrogens is 346 g/mol. The van der Waals surface area contributed by atoms with Crippen LogP contribution in [0.5, 0.6) is 0 Å². The first-order valence-corrected chi connectivity index (χ1v) is 9.74. The van der Waals surface area contributed by atoms with Crippen LogP contribution in [0, 0.1) is 11.8 Å². The highest BCUT2D eigenvalue weighted by atomic mass is 16.5. The van der Waals surface area contributed by atoms with Crippen molar-refractivity contribution in [3.05, 3.63) is 36.2 Å². The average molecular weight is 371 g/mol. The number of fused-ring (bicyclic) bond motifs is 3. The number of nitrogens with zero attached hydrogens (tertiary/aromatic N) is 3. The molecule has 144 valence electrons. The molecule has 0 bridgehead atoms. The Hall–Kier alpha value is -1.80. The molecule has 0 aliphatic carbocycles. The predicted octanol–water partition coefficient (Wildman–Crippen LogP) is 1.72. The van der Waals surface area contributed by atoms with Gasteiger partial charge in [0.2, 0.25) is 11.8 Å². The fourth-order valence-corrected chi connectivity index (χ4v) is 4.94. The molecule has 3 aliphatic rings. The molecular formula is C20H25N3O4. The highest BCUT2D eigenvalue weighted by Crippen LogP contribution is 2.44. The van der Waals surface area contributed by atoms with Crippen LogP contribution in [0.25, 0.3) is 11.5 Å². The van der Waals surface area contributed by atoms with E-state index in [4.69, 9.17) is 13.9 Å². The molecule has 1 aromatic heterocycles. The zero-order chi connectivity index (χ0) is 18.3. The minimum atomic E-state index is -0.691. The summed E-state index contributed by atoms with van der Waals surface area (Å²) in [4.78, 5) is 2.38. The number of aromatic nitrogens is 2. The first kappa shape index (κ1) is 17.3. The van der Waals surface area contributed by atoms with Gasteiger partial charge in [-0.05, 0) is 18.6 Å². The van der Waals surface area contributed by atoms with Gasteiger partial charge in [-0.1, -0.05) is 18.2 Å². The van der Waals surface area contributed by atoms with Crippen LogP contribution in [0.3, 0.4) is 0 Å². The number of piperidine rings is 1. The first-order chi connectivity index (χ1) is 13.2. The van der Waals surface area contributed by atoms with Crippen molar-refractivity contribution < 1.29 is 19.0 Å². The summed E-state index contributed by atoms with van der Waals surface area (Å²) >= 11 is 0. The predicted molar refractivity (Wildman–Crippen MR) is 96.7 cm³/mol. The quantitative estimate of drug-likeness (QED) is 0.880. The summed E-state index contributed by atoms with van der Waals surface area (Å²) in [6.45, 7) is 3.92. The lowest BCUT2D eigenvalue weighted by molar-refractivity contribution is -0.221. The van der Waals surface area contributed by atoms with Gasteiger partial charge in [0, 0.05) is 49.6 Å². The third-order valence-corrected chi connectivity index (χ3v) is 6.38. The fraction of sp³-hybridized carbons (Fsp3) is 0.600. The highest BCUT2D eigenvalue weighted by molar-refractivity contribution is 5.51. The number of rotatable bonds is 3. The van der Waals surface area contributed by atoms with Gasteiger partial charge in [0.15, 0.2) is 0 Å². The molecule has 1 N–H and O–H groups in total.